The van der Waals surface area contributed by atoms with Crippen molar-refractivity contribution in [3.63, 3.8) is 0 Å². The summed E-state index contributed by atoms with van der Waals surface area (Å²) in [5.41, 5.74) is -0.488. The lowest BCUT2D eigenvalue weighted by Gasteiger charge is -2.28. The summed E-state index contributed by atoms with van der Waals surface area (Å²) in [7, 11) is 1.75. The summed E-state index contributed by atoms with van der Waals surface area (Å²) in [6.45, 7) is 12.5. The standard InChI is InChI=1S/C17H34N4O3.HI/c1-7-18-15(21-11-9-14(22)12-21)19-10-8-13(2)20(6)16(23)24-17(3,4)5;/h13-14,22H,7-12H2,1-6H3,(H,18,19);1H/t13?,14-;/m1./s1. The first-order valence-corrected chi connectivity index (χ1v) is 8.81. The fraction of sp³-hybridized carbons (Fsp3) is 0.882. The number of nitrogens with one attached hydrogen (secondary N) is 1. The van der Waals surface area contributed by atoms with Crippen LogP contribution in [0.2, 0.25) is 0 Å². The van der Waals surface area contributed by atoms with Gasteiger partial charge in [-0.2, -0.15) is 0 Å². The van der Waals surface area contributed by atoms with Crippen LogP contribution >= 0.6 is 24.0 Å². The lowest BCUT2D eigenvalue weighted by atomic mass is 10.2. The molecule has 1 amide bonds. The first-order chi connectivity index (χ1) is 11.1. The summed E-state index contributed by atoms with van der Waals surface area (Å²) in [4.78, 5) is 20.4. The second kappa shape index (κ2) is 11.1. The van der Waals surface area contributed by atoms with Gasteiger partial charge in [0.2, 0.25) is 0 Å². The van der Waals surface area contributed by atoms with E-state index in [1.807, 2.05) is 34.6 Å². The van der Waals surface area contributed by atoms with Gasteiger partial charge in [-0.05, 0) is 47.5 Å². The number of hydrogen-bond acceptors (Lipinski definition) is 4. The van der Waals surface area contributed by atoms with Gasteiger partial charge in [-0.15, -0.1) is 24.0 Å². The fourth-order valence-corrected chi connectivity index (χ4v) is 2.42. The number of rotatable bonds is 5. The maximum Gasteiger partial charge on any atom is 0.410 e. The lowest BCUT2D eigenvalue weighted by molar-refractivity contribution is 0.0231. The highest BCUT2D eigenvalue weighted by Crippen LogP contribution is 2.12. The number of β-amino-alcohol motifs (C(OH)–C–C–N with tert-alkyl or cyclic N) is 1. The van der Waals surface area contributed by atoms with Gasteiger partial charge in [-0.1, -0.05) is 0 Å². The van der Waals surface area contributed by atoms with Crippen molar-refractivity contribution >= 4 is 36.0 Å². The van der Waals surface area contributed by atoms with E-state index in [-0.39, 0.29) is 42.2 Å². The molecule has 1 aliphatic heterocycles. The number of aliphatic imine (C=N–C) groups is 1. The minimum atomic E-state index is -0.488. The van der Waals surface area contributed by atoms with Gasteiger partial charge in [0.15, 0.2) is 5.96 Å². The Morgan fingerprint density at radius 3 is 2.60 bits per heavy atom. The molecule has 2 atom stereocenters. The van der Waals surface area contributed by atoms with Gasteiger partial charge in [0.25, 0.3) is 0 Å². The molecule has 0 radical (unpaired) electrons. The molecule has 0 aromatic rings. The third-order valence-electron chi connectivity index (χ3n) is 3.95. The van der Waals surface area contributed by atoms with Crippen molar-refractivity contribution in [3.8, 4) is 0 Å². The average molecular weight is 470 g/mol. The molecule has 0 aromatic heterocycles. The Bertz CT molecular complexity index is 440. The summed E-state index contributed by atoms with van der Waals surface area (Å²) in [5, 5.41) is 12.9. The van der Waals surface area contributed by atoms with E-state index < -0.39 is 5.60 Å². The lowest BCUT2D eigenvalue weighted by Crippen LogP contribution is -2.41. The van der Waals surface area contributed by atoms with E-state index >= 15 is 0 Å². The average Bonchev–Trinajstić information content (AvgIpc) is 2.90. The van der Waals surface area contributed by atoms with Crippen LogP contribution in [0.1, 0.15) is 47.5 Å². The summed E-state index contributed by atoms with van der Waals surface area (Å²) in [6, 6.07) is 0.0376. The molecule has 1 fully saturated rings. The van der Waals surface area contributed by atoms with Gasteiger partial charge in [0.05, 0.1) is 6.10 Å². The zero-order valence-electron chi connectivity index (χ0n) is 16.4. The smallest absolute Gasteiger partial charge is 0.410 e. The quantitative estimate of drug-likeness (QED) is 0.366. The molecular formula is C17H35IN4O3. The van der Waals surface area contributed by atoms with Crippen molar-refractivity contribution < 1.29 is 14.6 Å². The van der Waals surface area contributed by atoms with Crippen molar-refractivity contribution in [1.29, 1.82) is 0 Å². The number of nitrogens with zero attached hydrogens (tertiary/aromatic N) is 3. The molecule has 0 bridgehead atoms. The number of carbonyl (C=O) groups is 1. The molecule has 0 spiro atoms. The monoisotopic (exact) mass is 470 g/mol. The summed E-state index contributed by atoms with van der Waals surface area (Å²) in [6.07, 6.45) is 0.947. The van der Waals surface area contributed by atoms with Crippen molar-refractivity contribution in [2.45, 2.75) is 65.2 Å². The molecule has 148 valence electrons. The Labute approximate surface area is 169 Å². The number of hydrogen-bond donors (Lipinski definition) is 2. The van der Waals surface area contributed by atoms with E-state index in [1.54, 1.807) is 11.9 Å². The van der Waals surface area contributed by atoms with E-state index in [1.165, 1.54) is 0 Å². The number of aliphatic hydroxyl groups excluding tert-OH is 1. The zero-order chi connectivity index (χ0) is 18.3. The third-order valence-corrected chi connectivity index (χ3v) is 3.95. The Balaban J connectivity index is 0.00000576. The van der Waals surface area contributed by atoms with Crippen LogP contribution in [0, 0.1) is 0 Å². The van der Waals surface area contributed by atoms with Crippen LogP contribution in [0.5, 0.6) is 0 Å². The summed E-state index contributed by atoms with van der Waals surface area (Å²) < 4.78 is 5.38. The van der Waals surface area contributed by atoms with E-state index in [4.69, 9.17) is 4.74 Å². The minimum Gasteiger partial charge on any atom is -0.444 e. The Hall–Kier alpha value is -0.770. The Morgan fingerprint density at radius 1 is 1.48 bits per heavy atom. The van der Waals surface area contributed by atoms with Gasteiger partial charge < -0.3 is 25.0 Å². The molecule has 1 saturated heterocycles. The van der Waals surface area contributed by atoms with E-state index in [9.17, 15) is 9.90 Å². The van der Waals surface area contributed by atoms with E-state index in [2.05, 4.69) is 15.2 Å². The number of halogens is 1. The van der Waals surface area contributed by atoms with Gasteiger partial charge in [-0.3, -0.25) is 4.99 Å². The van der Waals surface area contributed by atoms with Crippen molar-refractivity contribution in [3.05, 3.63) is 0 Å². The van der Waals surface area contributed by atoms with Crippen LogP contribution in [0.3, 0.4) is 0 Å². The number of guanidine groups is 1. The second-order valence-electron chi connectivity index (χ2n) is 7.35. The van der Waals surface area contributed by atoms with Crippen molar-refractivity contribution in [2.24, 2.45) is 4.99 Å². The molecule has 25 heavy (non-hydrogen) atoms. The van der Waals surface area contributed by atoms with Gasteiger partial charge >= 0.3 is 6.09 Å². The SMILES string of the molecule is CCNC(=NCCC(C)N(C)C(=O)OC(C)(C)C)N1CC[C@@H](O)C1.I. The number of aliphatic hydroxyl groups is 1. The van der Waals surface area contributed by atoms with Crippen LogP contribution in [0.25, 0.3) is 0 Å². The molecule has 1 heterocycles. The molecule has 0 aliphatic carbocycles. The predicted molar refractivity (Wildman–Crippen MR) is 112 cm³/mol. The molecule has 1 aliphatic rings. The first-order valence-electron chi connectivity index (χ1n) is 8.81. The topological polar surface area (TPSA) is 77.4 Å². The molecule has 2 N–H and O–H groups in total. The van der Waals surface area contributed by atoms with Gasteiger partial charge in [-0.25, -0.2) is 4.79 Å². The number of likely N-dealkylation sites (tertiary alicyclic amines) is 1. The molecular weight excluding hydrogens is 435 g/mol. The highest BCUT2D eigenvalue weighted by atomic mass is 127. The highest BCUT2D eigenvalue weighted by Gasteiger charge is 2.24. The number of amides is 1. The van der Waals surface area contributed by atoms with Crippen molar-refractivity contribution in [1.82, 2.24) is 15.1 Å². The molecule has 1 rings (SSSR count). The van der Waals surface area contributed by atoms with Crippen LogP contribution in [-0.4, -0.2) is 77.9 Å². The van der Waals surface area contributed by atoms with Crippen LogP contribution in [0.4, 0.5) is 4.79 Å². The van der Waals surface area contributed by atoms with Gasteiger partial charge in [0.1, 0.15) is 5.60 Å². The number of ether oxygens (including phenoxy) is 1. The molecule has 8 heteroatoms. The van der Waals surface area contributed by atoms with Crippen molar-refractivity contribution in [2.75, 3.05) is 33.2 Å². The highest BCUT2D eigenvalue weighted by molar-refractivity contribution is 14.0. The summed E-state index contributed by atoms with van der Waals surface area (Å²) in [5.74, 6) is 0.834. The van der Waals surface area contributed by atoms with Gasteiger partial charge in [0, 0.05) is 39.3 Å². The van der Waals surface area contributed by atoms with Crippen LogP contribution < -0.4 is 5.32 Å². The van der Waals surface area contributed by atoms with Crippen LogP contribution in [-0.2, 0) is 4.74 Å². The Morgan fingerprint density at radius 2 is 2.12 bits per heavy atom. The summed E-state index contributed by atoms with van der Waals surface area (Å²) >= 11 is 0. The molecule has 0 saturated carbocycles. The van der Waals surface area contributed by atoms with Crippen LogP contribution in [0.15, 0.2) is 4.99 Å². The predicted octanol–water partition coefficient (Wildman–Crippen LogP) is 2.28. The minimum absolute atomic E-state index is 0. The maximum atomic E-state index is 12.1. The molecule has 7 nitrogen and oxygen atoms in total. The Kier molecular flexibility index (Phi) is 10.7. The second-order valence-corrected chi connectivity index (χ2v) is 7.35. The maximum absolute atomic E-state index is 12.1. The number of carbonyl (C=O) groups excluding carboxylic acids is 1. The van der Waals surface area contributed by atoms with E-state index in [0.717, 1.165) is 31.9 Å². The van der Waals surface area contributed by atoms with E-state index in [0.29, 0.717) is 13.1 Å². The fourth-order valence-electron chi connectivity index (χ4n) is 2.42. The third kappa shape index (κ3) is 8.94. The molecule has 1 unspecified atom stereocenters. The largest absolute Gasteiger partial charge is 0.444 e. The molecule has 0 aromatic carbocycles. The zero-order valence-corrected chi connectivity index (χ0v) is 18.7. The first kappa shape index (κ1) is 24.2. The normalized spacial score (nSPS) is 19.2.